The number of fused-ring (bicyclic) bond motifs is 1. The van der Waals surface area contributed by atoms with E-state index in [1.807, 2.05) is 31.2 Å². The van der Waals surface area contributed by atoms with E-state index in [9.17, 15) is 14.9 Å². The minimum atomic E-state index is -0.435. The Morgan fingerprint density at radius 3 is 2.52 bits per heavy atom. The molecule has 0 spiro atoms. The minimum absolute atomic E-state index is 0.0435. The second-order valence-corrected chi connectivity index (χ2v) is 8.10. The molecule has 0 amide bonds. The van der Waals surface area contributed by atoms with Crippen LogP contribution in [0.2, 0.25) is 0 Å². The number of benzene rings is 3. The average molecular weight is 507 g/mol. The molecule has 1 heterocycles. The maximum atomic E-state index is 12.9. The summed E-state index contributed by atoms with van der Waals surface area (Å²) >= 11 is 3.39. The number of non-ortho nitro benzene ring substituents is 1. The predicted molar refractivity (Wildman–Crippen MR) is 130 cm³/mol. The summed E-state index contributed by atoms with van der Waals surface area (Å²) in [5, 5.41) is 15.6. The van der Waals surface area contributed by atoms with Crippen molar-refractivity contribution in [2.45, 2.75) is 20.0 Å². The number of hydrogen-bond acceptors (Lipinski definition) is 6. The Kier molecular flexibility index (Phi) is 6.60. The minimum Gasteiger partial charge on any atom is -0.489 e. The van der Waals surface area contributed by atoms with Gasteiger partial charge in [-0.25, -0.2) is 4.98 Å². The van der Waals surface area contributed by atoms with Crippen molar-refractivity contribution in [3.8, 4) is 5.75 Å². The molecule has 0 unspecified atom stereocenters. The van der Waals surface area contributed by atoms with Crippen LogP contribution in [0.1, 0.15) is 23.9 Å². The summed E-state index contributed by atoms with van der Waals surface area (Å²) in [4.78, 5) is 27.8. The summed E-state index contributed by atoms with van der Waals surface area (Å²) in [5.74, 6) is 1.23. The van der Waals surface area contributed by atoms with Crippen molar-refractivity contribution in [2.24, 2.45) is 5.10 Å². The maximum absolute atomic E-state index is 12.9. The highest BCUT2D eigenvalue weighted by Gasteiger charge is 2.09. The lowest BCUT2D eigenvalue weighted by atomic mass is 10.2. The number of aryl methyl sites for hydroxylation is 1. The number of ether oxygens (including phenoxy) is 1. The average Bonchev–Trinajstić information content (AvgIpc) is 2.83. The fourth-order valence-corrected chi connectivity index (χ4v) is 3.56. The van der Waals surface area contributed by atoms with Crippen LogP contribution < -0.4 is 10.3 Å². The number of aromatic nitrogens is 2. The van der Waals surface area contributed by atoms with Crippen molar-refractivity contribution < 1.29 is 9.66 Å². The highest BCUT2D eigenvalue weighted by Crippen LogP contribution is 2.18. The monoisotopic (exact) mass is 506 g/mol. The Morgan fingerprint density at radius 1 is 1.12 bits per heavy atom. The molecule has 4 rings (SSSR count). The quantitative estimate of drug-likeness (QED) is 0.197. The first-order valence-corrected chi connectivity index (χ1v) is 11.0. The molecule has 1 aromatic heterocycles. The zero-order chi connectivity index (χ0) is 23.4. The second-order valence-electron chi connectivity index (χ2n) is 7.19. The fourth-order valence-electron chi connectivity index (χ4n) is 3.20. The van der Waals surface area contributed by atoms with Gasteiger partial charge in [0.05, 0.1) is 22.0 Å². The third kappa shape index (κ3) is 5.15. The Morgan fingerprint density at radius 2 is 1.85 bits per heavy atom. The van der Waals surface area contributed by atoms with Crippen LogP contribution in [0.3, 0.4) is 0 Å². The molecular weight excluding hydrogens is 488 g/mol. The van der Waals surface area contributed by atoms with E-state index in [0.29, 0.717) is 35.5 Å². The lowest BCUT2D eigenvalue weighted by Gasteiger charge is -2.08. The van der Waals surface area contributed by atoms with E-state index in [0.717, 1.165) is 15.6 Å². The molecule has 3 aromatic carbocycles. The number of nitrogens with zero attached hydrogens (tertiary/aromatic N) is 4. The van der Waals surface area contributed by atoms with Crippen LogP contribution in [0.4, 0.5) is 5.69 Å². The molecule has 0 saturated heterocycles. The van der Waals surface area contributed by atoms with E-state index < -0.39 is 4.92 Å². The Balaban J connectivity index is 1.49. The van der Waals surface area contributed by atoms with Gasteiger partial charge in [0.2, 0.25) is 0 Å². The van der Waals surface area contributed by atoms with Crippen molar-refractivity contribution in [1.82, 2.24) is 9.66 Å². The van der Waals surface area contributed by atoms with E-state index >= 15 is 0 Å². The molecule has 4 aromatic rings. The lowest BCUT2D eigenvalue weighted by Crippen LogP contribution is -2.22. The SMILES string of the molecule is CCc1nc2ccc(Br)cc2c(=O)n1N=Cc1ccc(OCc2ccc([N+](=O)[O-])cc2)cc1. The molecule has 0 aliphatic rings. The van der Waals surface area contributed by atoms with Gasteiger partial charge in [0.15, 0.2) is 0 Å². The predicted octanol–water partition coefficient (Wildman–Crippen LogP) is 5.09. The maximum Gasteiger partial charge on any atom is 0.282 e. The highest BCUT2D eigenvalue weighted by molar-refractivity contribution is 9.10. The summed E-state index contributed by atoms with van der Waals surface area (Å²) in [6, 6.07) is 18.9. The number of nitro groups is 1. The summed E-state index contributed by atoms with van der Waals surface area (Å²) in [6.45, 7) is 2.22. The van der Waals surface area contributed by atoms with Crippen molar-refractivity contribution in [3.63, 3.8) is 0 Å². The van der Waals surface area contributed by atoms with Gasteiger partial charge in [0, 0.05) is 23.0 Å². The standard InChI is InChI=1S/C24H19BrN4O4/c1-2-23-27-22-12-7-18(25)13-21(22)24(30)28(23)26-14-16-5-10-20(11-6-16)33-15-17-3-8-19(9-4-17)29(31)32/h3-14H,2,15H2,1H3. The molecule has 166 valence electrons. The van der Waals surface area contributed by atoms with Crippen LogP contribution in [0.25, 0.3) is 10.9 Å². The number of hydrogen-bond donors (Lipinski definition) is 0. The third-order valence-corrected chi connectivity index (χ3v) is 5.44. The molecule has 0 saturated carbocycles. The fraction of sp³-hybridized carbons (Fsp3) is 0.125. The molecule has 33 heavy (non-hydrogen) atoms. The lowest BCUT2D eigenvalue weighted by molar-refractivity contribution is -0.384. The van der Waals surface area contributed by atoms with Crippen LogP contribution in [0.15, 0.2) is 81.1 Å². The number of nitro benzene ring substituents is 1. The first-order valence-electron chi connectivity index (χ1n) is 10.2. The summed E-state index contributed by atoms with van der Waals surface area (Å²) in [5.41, 5.74) is 2.08. The Bertz CT molecular complexity index is 1400. The van der Waals surface area contributed by atoms with Crippen molar-refractivity contribution in [2.75, 3.05) is 0 Å². The van der Waals surface area contributed by atoms with Gasteiger partial charge >= 0.3 is 0 Å². The van der Waals surface area contributed by atoms with Gasteiger partial charge < -0.3 is 4.74 Å². The Labute approximate surface area is 197 Å². The van der Waals surface area contributed by atoms with E-state index in [-0.39, 0.29) is 11.2 Å². The first-order chi connectivity index (χ1) is 15.9. The molecule has 0 aliphatic heterocycles. The third-order valence-electron chi connectivity index (χ3n) is 4.95. The van der Waals surface area contributed by atoms with E-state index in [1.54, 1.807) is 36.5 Å². The summed E-state index contributed by atoms with van der Waals surface area (Å²) < 4.78 is 7.87. The van der Waals surface area contributed by atoms with Crippen molar-refractivity contribution in [3.05, 3.63) is 109 Å². The van der Waals surface area contributed by atoms with Crippen LogP contribution in [-0.4, -0.2) is 20.8 Å². The molecule has 0 N–H and O–H groups in total. The zero-order valence-electron chi connectivity index (χ0n) is 17.6. The zero-order valence-corrected chi connectivity index (χ0v) is 19.2. The van der Waals surface area contributed by atoms with Gasteiger partial charge in [-0.3, -0.25) is 14.9 Å². The smallest absolute Gasteiger partial charge is 0.282 e. The van der Waals surface area contributed by atoms with Crippen molar-refractivity contribution >= 4 is 38.7 Å². The van der Waals surface area contributed by atoms with E-state index in [2.05, 4.69) is 26.0 Å². The highest BCUT2D eigenvalue weighted by atomic mass is 79.9. The molecule has 8 nitrogen and oxygen atoms in total. The molecule has 0 bridgehead atoms. The van der Waals surface area contributed by atoms with Gasteiger partial charge in [-0.1, -0.05) is 22.9 Å². The molecule has 0 radical (unpaired) electrons. The van der Waals surface area contributed by atoms with Gasteiger partial charge in [0.25, 0.3) is 11.2 Å². The topological polar surface area (TPSA) is 99.6 Å². The van der Waals surface area contributed by atoms with Gasteiger partial charge in [-0.2, -0.15) is 9.78 Å². The van der Waals surface area contributed by atoms with Gasteiger partial charge in [-0.15, -0.1) is 0 Å². The summed E-state index contributed by atoms with van der Waals surface area (Å²) in [7, 11) is 0. The molecule has 0 atom stereocenters. The van der Waals surface area contributed by atoms with E-state index in [4.69, 9.17) is 4.74 Å². The van der Waals surface area contributed by atoms with E-state index in [1.165, 1.54) is 16.8 Å². The largest absolute Gasteiger partial charge is 0.489 e. The first kappa shape index (κ1) is 22.3. The van der Waals surface area contributed by atoms with Gasteiger partial charge in [0.1, 0.15) is 18.2 Å². The van der Waals surface area contributed by atoms with Crippen molar-refractivity contribution in [1.29, 1.82) is 0 Å². The summed E-state index contributed by atoms with van der Waals surface area (Å²) in [6.07, 6.45) is 2.17. The van der Waals surface area contributed by atoms with Crippen LogP contribution in [-0.2, 0) is 13.0 Å². The van der Waals surface area contributed by atoms with Crippen LogP contribution in [0, 0.1) is 10.1 Å². The van der Waals surface area contributed by atoms with Crippen LogP contribution >= 0.6 is 15.9 Å². The number of rotatable bonds is 7. The Hall–Kier alpha value is -3.85. The second kappa shape index (κ2) is 9.74. The normalized spacial score (nSPS) is 11.2. The number of halogens is 1. The molecular formula is C24H19BrN4O4. The molecule has 0 aliphatic carbocycles. The van der Waals surface area contributed by atoms with Crippen LogP contribution in [0.5, 0.6) is 5.75 Å². The molecule has 0 fully saturated rings. The van der Waals surface area contributed by atoms with Gasteiger partial charge in [-0.05, 0) is 65.7 Å². The molecule has 9 heteroatoms.